The van der Waals surface area contributed by atoms with E-state index in [1.807, 2.05) is 4.90 Å². The minimum Gasteiger partial charge on any atom is -0.395 e. The van der Waals surface area contributed by atoms with E-state index >= 15 is 0 Å². The van der Waals surface area contributed by atoms with Gasteiger partial charge in [0.15, 0.2) is 0 Å². The summed E-state index contributed by atoms with van der Waals surface area (Å²) in [5, 5.41) is 8.96. The minimum atomic E-state index is -0.239. The monoisotopic (exact) mass is 213 g/mol. The van der Waals surface area contributed by atoms with Crippen molar-refractivity contribution in [2.45, 2.75) is 44.2 Å². The van der Waals surface area contributed by atoms with Gasteiger partial charge in [0.05, 0.1) is 6.61 Å². The lowest BCUT2D eigenvalue weighted by Gasteiger charge is -2.38. The van der Waals surface area contributed by atoms with Gasteiger partial charge >= 0.3 is 0 Å². The largest absolute Gasteiger partial charge is 0.395 e. The molecule has 1 saturated carbocycles. The van der Waals surface area contributed by atoms with Crippen molar-refractivity contribution in [2.75, 3.05) is 19.8 Å². The summed E-state index contributed by atoms with van der Waals surface area (Å²) in [6, 6.07) is 0.355. The number of nitrogens with zero attached hydrogens (tertiary/aromatic N) is 1. The van der Waals surface area contributed by atoms with Crippen LogP contribution in [0.4, 0.5) is 0 Å². The Kier molecular flexibility index (Phi) is 3.59. The van der Waals surface area contributed by atoms with E-state index < -0.39 is 0 Å². The Labute approximate surface area is 90.2 Å². The maximum atomic E-state index is 12.1. The third kappa shape index (κ3) is 2.32. The topological polar surface area (TPSA) is 49.8 Å². The average Bonchev–Trinajstić information content (AvgIpc) is 2.66. The van der Waals surface area contributed by atoms with E-state index in [0.29, 0.717) is 19.2 Å². The smallest absolute Gasteiger partial charge is 0.252 e. The van der Waals surface area contributed by atoms with E-state index in [1.54, 1.807) is 0 Å². The third-order valence-corrected chi connectivity index (χ3v) is 3.34. The molecule has 2 fully saturated rings. The molecule has 2 rings (SSSR count). The van der Waals surface area contributed by atoms with E-state index in [0.717, 1.165) is 25.7 Å². The highest BCUT2D eigenvalue weighted by molar-refractivity contribution is 5.81. The van der Waals surface area contributed by atoms with Gasteiger partial charge in [-0.3, -0.25) is 4.79 Å². The van der Waals surface area contributed by atoms with Crippen molar-refractivity contribution >= 4 is 5.91 Å². The average molecular weight is 213 g/mol. The summed E-state index contributed by atoms with van der Waals surface area (Å²) >= 11 is 0. The number of carbonyl (C=O) groups is 1. The zero-order chi connectivity index (χ0) is 10.7. The van der Waals surface area contributed by atoms with E-state index in [4.69, 9.17) is 9.84 Å². The molecule has 1 saturated heterocycles. The van der Waals surface area contributed by atoms with Gasteiger partial charge in [-0.25, -0.2) is 0 Å². The molecule has 1 atom stereocenters. The molecule has 0 bridgehead atoms. The van der Waals surface area contributed by atoms with Crippen LogP contribution in [0, 0.1) is 0 Å². The van der Waals surface area contributed by atoms with Crippen molar-refractivity contribution in [3.05, 3.63) is 0 Å². The molecule has 0 aromatic heterocycles. The first-order valence-corrected chi connectivity index (χ1v) is 5.86. The highest BCUT2D eigenvalue weighted by Gasteiger charge is 2.34. The van der Waals surface area contributed by atoms with Crippen LogP contribution in [-0.4, -0.2) is 47.8 Å². The second-order valence-electron chi connectivity index (χ2n) is 4.34. The Bertz CT molecular complexity index is 222. The number of hydrogen-bond acceptors (Lipinski definition) is 3. The predicted octanol–water partition coefficient (Wildman–Crippen LogP) is 0.539. The lowest BCUT2D eigenvalue weighted by atomic mass is 9.91. The lowest BCUT2D eigenvalue weighted by Crippen LogP contribution is -2.49. The van der Waals surface area contributed by atoms with Crippen LogP contribution in [0.2, 0.25) is 0 Å². The molecule has 0 radical (unpaired) electrons. The van der Waals surface area contributed by atoms with Crippen LogP contribution in [0.25, 0.3) is 0 Å². The number of rotatable bonds is 4. The van der Waals surface area contributed by atoms with Crippen molar-refractivity contribution < 1.29 is 14.6 Å². The number of aliphatic hydroxyl groups is 1. The van der Waals surface area contributed by atoms with Crippen LogP contribution in [0.5, 0.6) is 0 Å². The second kappa shape index (κ2) is 4.94. The molecule has 1 heterocycles. The second-order valence-corrected chi connectivity index (χ2v) is 4.34. The van der Waals surface area contributed by atoms with E-state index in [1.165, 1.54) is 6.42 Å². The molecule has 86 valence electrons. The Hall–Kier alpha value is -0.610. The molecule has 0 spiro atoms. The summed E-state index contributed by atoms with van der Waals surface area (Å²) in [4.78, 5) is 13.9. The van der Waals surface area contributed by atoms with Crippen molar-refractivity contribution in [2.24, 2.45) is 0 Å². The molecule has 1 amide bonds. The number of hydrogen-bond donors (Lipinski definition) is 1. The standard InChI is InChI=1S/C11H19NO3/c13-7-6-12(9-3-1-4-9)11(14)10-5-2-8-15-10/h9-10,13H,1-8H2. The van der Waals surface area contributed by atoms with Crippen LogP contribution in [-0.2, 0) is 9.53 Å². The Balaban J connectivity index is 1.92. The van der Waals surface area contributed by atoms with Gasteiger partial charge in [0.1, 0.15) is 6.10 Å². The summed E-state index contributed by atoms with van der Waals surface area (Å²) in [6.45, 7) is 1.21. The zero-order valence-electron chi connectivity index (χ0n) is 9.02. The van der Waals surface area contributed by atoms with Crippen molar-refractivity contribution in [1.82, 2.24) is 4.90 Å². The molecule has 0 aromatic rings. The molecule has 15 heavy (non-hydrogen) atoms. The van der Waals surface area contributed by atoms with Gasteiger partial charge in [-0.1, -0.05) is 0 Å². The lowest BCUT2D eigenvalue weighted by molar-refractivity contribution is -0.145. The van der Waals surface area contributed by atoms with Crippen molar-refractivity contribution in [3.63, 3.8) is 0 Å². The van der Waals surface area contributed by atoms with Gasteiger partial charge in [0, 0.05) is 19.2 Å². The summed E-state index contributed by atoms with van der Waals surface area (Å²) in [6.07, 6.45) is 4.95. The first kappa shape index (κ1) is 10.9. The normalized spacial score (nSPS) is 26.3. The maximum Gasteiger partial charge on any atom is 0.252 e. The number of ether oxygens (including phenoxy) is 1. The minimum absolute atomic E-state index is 0.0506. The molecule has 1 N–H and O–H groups in total. The van der Waals surface area contributed by atoms with Gasteiger partial charge in [0.2, 0.25) is 0 Å². The SMILES string of the molecule is O=C(C1CCCO1)N(CCO)C1CCC1. The van der Waals surface area contributed by atoms with Crippen LogP contribution >= 0.6 is 0 Å². The fourth-order valence-electron chi connectivity index (χ4n) is 2.24. The first-order chi connectivity index (χ1) is 7.33. The Morgan fingerprint density at radius 3 is 2.60 bits per heavy atom. The van der Waals surface area contributed by atoms with E-state index in [2.05, 4.69) is 0 Å². The molecule has 1 aliphatic heterocycles. The zero-order valence-corrected chi connectivity index (χ0v) is 9.02. The molecule has 0 aromatic carbocycles. The molecular weight excluding hydrogens is 194 g/mol. The van der Waals surface area contributed by atoms with Gasteiger partial charge in [-0.2, -0.15) is 0 Å². The predicted molar refractivity (Wildman–Crippen MR) is 55.4 cm³/mol. The van der Waals surface area contributed by atoms with Gasteiger partial charge in [-0.15, -0.1) is 0 Å². The highest BCUT2D eigenvalue weighted by atomic mass is 16.5. The van der Waals surface area contributed by atoms with Gasteiger partial charge < -0.3 is 14.7 Å². The summed E-state index contributed by atoms with van der Waals surface area (Å²) < 4.78 is 5.39. The van der Waals surface area contributed by atoms with E-state index in [9.17, 15) is 4.79 Å². The molecular formula is C11H19NO3. The number of aliphatic hydroxyl groups excluding tert-OH is 1. The Morgan fingerprint density at radius 1 is 1.33 bits per heavy atom. The quantitative estimate of drug-likeness (QED) is 0.741. The van der Waals surface area contributed by atoms with Gasteiger partial charge in [-0.05, 0) is 32.1 Å². The fraction of sp³-hybridized carbons (Fsp3) is 0.909. The molecule has 1 unspecified atom stereocenters. The molecule has 2 aliphatic rings. The molecule has 4 heteroatoms. The summed E-state index contributed by atoms with van der Waals surface area (Å²) in [5.41, 5.74) is 0. The van der Waals surface area contributed by atoms with Crippen molar-refractivity contribution in [3.8, 4) is 0 Å². The van der Waals surface area contributed by atoms with Crippen LogP contribution in [0.15, 0.2) is 0 Å². The van der Waals surface area contributed by atoms with Gasteiger partial charge in [0.25, 0.3) is 5.91 Å². The van der Waals surface area contributed by atoms with E-state index in [-0.39, 0.29) is 18.6 Å². The Morgan fingerprint density at radius 2 is 2.13 bits per heavy atom. The summed E-state index contributed by atoms with van der Waals surface area (Å²) in [5.74, 6) is 0.0891. The maximum absolute atomic E-state index is 12.1. The van der Waals surface area contributed by atoms with Crippen LogP contribution in [0.3, 0.4) is 0 Å². The third-order valence-electron chi connectivity index (χ3n) is 3.34. The van der Waals surface area contributed by atoms with Crippen LogP contribution in [0.1, 0.15) is 32.1 Å². The first-order valence-electron chi connectivity index (χ1n) is 5.86. The van der Waals surface area contributed by atoms with Crippen molar-refractivity contribution in [1.29, 1.82) is 0 Å². The number of amides is 1. The molecule has 4 nitrogen and oxygen atoms in total. The molecule has 1 aliphatic carbocycles. The summed E-state index contributed by atoms with van der Waals surface area (Å²) in [7, 11) is 0. The highest BCUT2D eigenvalue weighted by Crippen LogP contribution is 2.26. The number of carbonyl (C=O) groups excluding carboxylic acids is 1. The fourth-order valence-corrected chi connectivity index (χ4v) is 2.24. The van der Waals surface area contributed by atoms with Crippen LogP contribution < -0.4 is 0 Å².